The molecule has 0 bridgehead atoms. The molecule has 0 aliphatic rings. The summed E-state index contributed by atoms with van der Waals surface area (Å²) in [7, 11) is -1.26. The molecule has 1 atom stereocenters. The van der Waals surface area contributed by atoms with Gasteiger partial charge >= 0.3 is 0 Å². The zero-order chi connectivity index (χ0) is 12.2. The van der Waals surface area contributed by atoms with E-state index in [-0.39, 0.29) is 10.6 Å². The summed E-state index contributed by atoms with van der Waals surface area (Å²) in [5.74, 6) is 0.270. The highest BCUT2D eigenvalue weighted by Crippen LogP contribution is 2.14. The Bertz CT molecular complexity index is 395. The van der Waals surface area contributed by atoms with Crippen LogP contribution in [0.5, 0.6) is 0 Å². The standard InChI is InChI=1S/C12H16ClNOS/c1-12(2,3)16(15)14-11(9-13)10-7-5-4-6-8-10/h4-8H,9H2,1-3H3/t16-/m1/s1. The summed E-state index contributed by atoms with van der Waals surface area (Å²) in [4.78, 5) is 0. The Morgan fingerprint density at radius 1 is 1.31 bits per heavy atom. The summed E-state index contributed by atoms with van der Waals surface area (Å²) in [6.07, 6.45) is 0. The second kappa shape index (κ2) is 5.60. The molecular formula is C12H16ClNOS. The quantitative estimate of drug-likeness (QED) is 0.604. The molecule has 0 saturated heterocycles. The molecular weight excluding hydrogens is 242 g/mol. The Kier molecular flexibility index (Phi) is 4.69. The number of nitrogens with zero attached hydrogens (tertiary/aromatic N) is 1. The lowest BCUT2D eigenvalue weighted by Gasteiger charge is -2.14. The highest BCUT2D eigenvalue weighted by molar-refractivity contribution is 7.85. The first kappa shape index (κ1) is 13.4. The van der Waals surface area contributed by atoms with Gasteiger partial charge < -0.3 is 0 Å². The Labute approximate surface area is 104 Å². The average Bonchev–Trinajstić information content (AvgIpc) is 2.25. The third-order valence-corrected chi connectivity index (χ3v) is 3.64. The molecule has 0 fully saturated rings. The summed E-state index contributed by atoms with van der Waals surface area (Å²) < 4.78 is 15.7. The zero-order valence-corrected chi connectivity index (χ0v) is 11.3. The minimum absolute atomic E-state index is 0.270. The molecule has 0 radical (unpaired) electrons. The summed E-state index contributed by atoms with van der Waals surface area (Å²) in [5.41, 5.74) is 1.60. The molecule has 1 aromatic rings. The molecule has 0 spiro atoms. The van der Waals surface area contributed by atoms with E-state index < -0.39 is 11.0 Å². The minimum atomic E-state index is -1.26. The van der Waals surface area contributed by atoms with Gasteiger partial charge in [0, 0.05) is 0 Å². The lowest BCUT2D eigenvalue weighted by atomic mass is 10.1. The molecule has 0 amide bonds. The summed E-state index contributed by atoms with van der Waals surface area (Å²) >= 11 is 5.83. The van der Waals surface area contributed by atoms with Crippen LogP contribution >= 0.6 is 11.6 Å². The Morgan fingerprint density at radius 2 is 1.88 bits per heavy atom. The van der Waals surface area contributed by atoms with Crippen molar-refractivity contribution in [3.8, 4) is 0 Å². The van der Waals surface area contributed by atoms with Crippen LogP contribution in [0.2, 0.25) is 0 Å². The van der Waals surface area contributed by atoms with Crippen LogP contribution in [0.3, 0.4) is 0 Å². The number of rotatable bonds is 3. The van der Waals surface area contributed by atoms with Crippen LogP contribution in [0.1, 0.15) is 26.3 Å². The number of hydrogen-bond acceptors (Lipinski definition) is 1. The van der Waals surface area contributed by atoms with Crippen LogP contribution in [0.4, 0.5) is 0 Å². The van der Waals surface area contributed by atoms with Crippen molar-refractivity contribution in [2.75, 3.05) is 5.88 Å². The van der Waals surface area contributed by atoms with Crippen molar-refractivity contribution in [2.24, 2.45) is 4.40 Å². The maximum Gasteiger partial charge on any atom is 0.145 e. The normalized spacial score (nSPS) is 14.9. The topological polar surface area (TPSA) is 29.4 Å². The number of benzene rings is 1. The molecule has 0 aliphatic carbocycles. The van der Waals surface area contributed by atoms with Crippen LogP contribution in [0.15, 0.2) is 34.7 Å². The molecule has 16 heavy (non-hydrogen) atoms. The molecule has 0 heterocycles. The van der Waals surface area contributed by atoms with Gasteiger partial charge in [-0.1, -0.05) is 30.3 Å². The van der Waals surface area contributed by atoms with Gasteiger partial charge in [-0.2, -0.15) is 4.40 Å². The smallest absolute Gasteiger partial charge is 0.145 e. The van der Waals surface area contributed by atoms with Crippen molar-refractivity contribution in [1.82, 2.24) is 0 Å². The first-order chi connectivity index (χ1) is 7.45. The molecule has 0 N–H and O–H groups in total. The van der Waals surface area contributed by atoms with Gasteiger partial charge in [-0.3, -0.25) is 0 Å². The monoisotopic (exact) mass is 257 g/mol. The van der Waals surface area contributed by atoms with Gasteiger partial charge in [0.05, 0.1) is 16.3 Å². The van der Waals surface area contributed by atoms with Crippen LogP contribution in [0, 0.1) is 0 Å². The number of alkyl halides is 1. The van der Waals surface area contributed by atoms with Gasteiger partial charge in [-0.15, -0.1) is 11.6 Å². The fourth-order valence-electron chi connectivity index (χ4n) is 1.02. The third kappa shape index (κ3) is 3.72. The van der Waals surface area contributed by atoms with Crippen molar-refractivity contribution in [3.05, 3.63) is 35.9 Å². The Balaban J connectivity index is 3.00. The average molecular weight is 258 g/mol. The van der Waals surface area contributed by atoms with E-state index in [0.717, 1.165) is 5.56 Å². The molecule has 0 unspecified atom stereocenters. The van der Waals surface area contributed by atoms with Crippen LogP contribution in [-0.2, 0) is 11.0 Å². The van der Waals surface area contributed by atoms with E-state index in [9.17, 15) is 4.21 Å². The van der Waals surface area contributed by atoms with Gasteiger partial charge in [-0.25, -0.2) is 4.21 Å². The molecule has 0 aliphatic heterocycles. The largest absolute Gasteiger partial charge is 0.234 e. The van der Waals surface area contributed by atoms with Gasteiger partial charge in [0.1, 0.15) is 11.0 Å². The van der Waals surface area contributed by atoms with Crippen LogP contribution in [0.25, 0.3) is 0 Å². The third-order valence-electron chi connectivity index (χ3n) is 1.95. The van der Waals surface area contributed by atoms with E-state index in [1.54, 1.807) is 0 Å². The van der Waals surface area contributed by atoms with Crippen molar-refractivity contribution in [2.45, 2.75) is 25.5 Å². The summed E-state index contributed by atoms with van der Waals surface area (Å²) in [5, 5.41) is 0. The molecule has 0 saturated carbocycles. The fourth-order valence-corrected chi connectivity index (χ4v) is 1.95. The van der Waals surface area contributed by atoms with E-state index in [0.29, 0.717) is 5.71 Å². The maximum absolute atomic E-state index is 11.9. The molecule has 4 heteroatoms. The fraction of sp³-hybridized carbons (Fsp3) is 0.417. The Hall–Kier alpha value is -0.670. The van der Waals surface area contributed by atoms with E-state index in [1.807, 2.05) is 51.1 Å². The Morgan fingerprint density at radius 3 is 2.31 bits per heavy atom. The van der Waals surface area contributed by atoms with Gasteiger partial charge in [0.15, 0.2) is 0 Å². The SMILES string of the molecule is CC(C)(C)[S@@](=O)N=C(CCl)c1ccccc1. The van der Waals surface area contributed by atoms with Gasteiger partial charge in [-0.05, 0) is 26.3 Å². The molecule has 88 valence electrons. The maximum atomic E-state index is 11.9. The molecule has 1 rings (SSSR count). The zero-order valence-electron chi connectivity index (χ0n) is 9.74. The van der Waals surface area contributed by atoms with Gasteiger partial charge in [0.2, 0.25) is 0 Å². The van der Waals surface area contributed by atoms with Crippen molar-refractivity contribution >= 4 is 28.3 Å². The lowest BCUT2D eigenvalue weighted by molar-refractivity contribution is 0.650. The number of hydrogen-bond donors (Lipinski definition) is 0. The highest BCUT2D eigenvalue weighted by Gasteiger charge is 2.19. The first-order valence-corrected chi connectivity index (χ1v) is 6.70. The second-order valence-corrected chi connectivity index (χ2v) is 6.57. The van der Waals surface area contributed by atoms with Crippen LogP contribution in [-0.4, -0.2) is 20.5 Å². The van der Waals surface area contributed by atoms with Crippen molar-refractivity contribution in [3.63, 3.8) is 0 Å². The second-order valence-electron chi connectivity index (χ2n) is 4.40. The predicted molar refractivity (Wildman–Crippen MR) is 71.6 cm³/mol. The lowest BCUT2D eigenvalue weighted by Crippen LogP contribution is -2.21. The molecule has 2 nitrogen and oxygen atoms in total. The minimum Gasteiger partial charge on any atom is -0.234 e. The summed E-state index contributed by atoms with van der Waals surface area (Å²) in [6, 6.07) is 9.59. The van der Waals surface area contributed by atoms with Crippen LogP contribution < -0.4 is 0 Å². The van der Waals surface area contributed by atoms with E-state index in [2.05, 4.69) is 4.40 Å². The van der Waals surface area contributed by atoms with E-state index in [4.69, 9.17) is 11.6 Å². The predicted octanol–water partition coefficient (Wildman–Crippen LogP) is 3.18. The molecule has 0 aromatic heterocycles. The highest BCUT2D eigenvalue weighted by atomic mass is 35.5. The van der Waals surface area contributed by atoms with E-state index >= 15 is 0 Å². The summed E-state index contributed by atoms with van der Waals surface area (Å²) in [6.45, 7) is 5.68. The molecule has 1 aromatic carbocycles. The first-order valence-electron chi connectivity index (χ1n) is 5.06. The van der Waals surface area contributed by atoms with E-state index in [1.165, 1.54) is 0 Å². The van der Waals surface area contributed by atoms with Crippen molar-refractivity contribution < 1.29 is 4.21 Å². The van der Waals surface area contributed by atoms with Crippen molar-refractivity contribution in [1.29, 1.82) is 0 Å². The van der Waals surface area contributed by atoms with Gasteiger partial charge in [0.25, 0.3) is 0 Å². The number of halogens is 1.